The van der Waals surface area contributed by atoms with Gasteiger partial charge in [-0.3, -0.25) is 10.1 Å². The number of hydrogen-bond acceptors (Lipinski definition) is 6. The summed E-state index contributed by atoms with van der Waals surface area (Å²) in [6, 6.07) is 0. The minimum absolute atomic E-state index is 0.281. The predicted octanol–water partition coefficient (Wildman–Crippen LogP) is 1.31. The number of nitrogens with one attached hydrogen (secondary N) is 2. The number of aromatic amines is 1. The molecule has 2 N–H and O–H groups in total. The Balaban J connectivity index is 1.45. The van der Waals surface area contributed by atoms with Crippen molar-refractivity contribution in [2.24, 2.45) is 4.99 Å². The van der Waals surface area contributed by atoms with Gasteiger partial charge in [-0.25, -0.2) is 4.98 Å². The highest BCUT2D eigenvalue weighted by atomic mass is 16.5. The van der Waals surface area contributed by atoms with Crippen molar-refractivity contribution in [1.29, 1.82) is 0 Å². The molecular weight excluding hydrogens is 320 g/mol. The van der Waals surface area contributed by atoms with E-state index in [4.69, 9.17) is 4.52 Å². The lowest BCUT2D eigenvalue weighted by Gasteiger charge is -2.33. The second-order valence-electron chi connectivity index (χ2n) is 6.56. The van der Waals surface area contributed by atoms with Gasteiger partial charge in [0.15, 0.2) is 11.8 Å². The van der Waals surface area contributed by atoms with Gasteiger partial charge in [0.2, 0.25) is 5.89 Å². The summed E-state index contributed by atoms with van der Waals surface area (Å²) in [4.78, 5) is 15.3. The molecule has 2 aromatic heterocycles. The molecule has 0 spiro atoms. The molecule has 2 aromatic rings. The molecular formula is C16H26N8O. The van der Waals surface area contributed by atoms with E-state index in [9.17, 15) is 0 Å². The van der Waals surface area contributed by atoms with Crippen LogP contribution in [-0.4, -0.2) is 62.9 Å². The zero-order chi connectivity index (χ0) is 17.6. The molecule has 3 rings (SSSR count). The van der Waals surface area contributed by atoms with Gasteiger partial charge in [-0.1, -0.05) is 19.0 Å². The van der Waals surface area contributed by atoms with E-state index in [0.717, 1.165) is 43.5 Å². The molecule has 0 atom stereocenters. The van der Waals surface area contributed by atoms with E-state index in [-0.39, 0.29) is 5.92 Å². The Morgan fingerprint density at radius 2 is 2.24 bits per heavy atom. The molecule has 1 aliphatic heterocycles. The Bertz CT molecular complexity index is 670. The van der Waals surface area contributed by atoms with Gasteiger partial charge in [0.05, 0.1) is 0 Å². The van der Waals surface area contributed by atoms with E-state index >= 15 is 0 Å². The number of guanidine groups is 1. The number of aromatic nitrogens is 5. The maximum Gasteiger partial charge on any atom is 0.228 e. The van der Waals surface area contributed by atoms with Gasteiger partial charge < -0.3 is 14.7 Å². The van der Waals surface area contributed by atoms with Gasteiger partial charge >= 0.3 is 0 Å². The van der Waals surface area contributed by atoms with Gasteiger partial charge in [-0.2, -0.15) is 10.1 Å². The lowest BCUT2D eigenvalue weighted by atomic mass is 9.96. The minimum atomic E-state index is 0.281. The van der Waals surface area contributed by atoms with Crippen LogP contribution in [0.25, 0.3) is 0 Å². The van der Waals surface area contributed by atoms with Crippen LogP contribution in [0.15, 0.2) is 15.8 Å². The van der Waals surface area contributed by atoms with Gasteiger partial charge in [0, 0.05) is 44.9 Å². The number of hydrogen-bond donors (Lipinski definition) is 2. The highest BCUT2D eigenvalue weighted by Crippen LogP contribution is 2.24. The first-order chi connectivity index (χ1) is 12.2. The molecule has 0 aromatic carbocycles. The van der Waals surface area contributed by atoms with Crippen LogP contribution in [0.5, 0.6) is 0 Å². The zero-order valence-corrected chi connectivity index (χ0v) is 15.1. The molecule has 0 aliphatic carbocycles. The van der Waals surface area contributed by atoms with Crippen molar-refractivity contribution in [2.45, 2.75) is 44.9 Å². The molecule has 3 heterocycles. The summed E-state index contributed by atoms with van der Waals surface area (Å²) < 4.78 is 5.27. The van der Waals surface area contributed by atoms with Crippen LogP contribution in [0.1, 0.15) is 56.1 Å². The summed E-state index contributed by atoms with van der Waals surface area (Å²) in [6.07, 6.45) is 4.34. The fraction of sp³-hybridized carbons (Fsp3) is 0.688. The first-order valence-corrected chi connectivity index (χ1v) is 8.80. The monoisotopic (exact) mass is 346 g/mol. The average Bonchev–Trinajstić information content (AvgIpc) is 3.31. The van der Waals surface area contributed by atoms with Crippen LogP contribution >= 0.6 is 0 Å². The van der Waals surface area contributed by atoms with Crippen molar-refractivity contribution in [3.63, 3.8) is 0 Å². The Labute approximate surface area is 147 Å². The van der Waals surface area contributed by atoms with E-state index < -0.39 is 0 Å². The summed E-state index contributed by atoms with van der Waals surface area (Å²) in [5.74, 6) is 4.05. The number of piperidine rings is 1. The number of nitrogens with zero attached hydrogens (tertiary/aromatic N) is 6. The predicted molar refractivity (Wildman–Crippen MR) is 93.4 cm³/mol. The maximum atomic E-state index is 5.27. The Morgan fingerprint density at radius 3 is 2.84 bits per heavy atom. The van der Waals surface area contributed by atoms with Crippen LogP contribution in [-0.2, 0) is 6.42 Å². The smallest absolute Gasteiger partial charge is 0.228 e. The van der Waals surface area contributed by atoms with Crippen molar-refractivity contribution in [1.82, 2.24) is 35.5 Å². The normalized spacial score (nSPS) is 16.6. The second-order valence-corrected chi connectivity index (χ2v) is 6.56. The zero-order valence-electron chi connectivity index (χ0n) is 15.1. The fourth-order valence-electron chi connectivity index (χ4n) is 2.99. The molecule has 136 valence electrons. The average molecular weight is 346 g/mol. The quantitative estimate of drug-likeness (QED) is 0.620. The number of aliphatic imine (C=N–C) groups is 1. The van der Waals surface area contributed by atoms with Gasteiger partial charge in [-0.05, 0) is 12.8 Å². The number of H-pyrrole nitrogens is 1. The van der Waals surface area contributed by atoms with E-state index in [1.165, 1.54) is 0 Å². The molecule has 0 amide bonds. The van der Waals surface area contributed by atoms with Gasteiger partial charge in [0.25, 0.3) is 0 Å². The van der Waals surface area contributed by atoms with Crippen molar-refractivity contribution in [3.8, 4) is 0 Å². The molecule has 1 saturated heterocycles. The van der Waals surface area contributed by atoms with Crippen LogP contribution in [0.2, 0.25) is 0 Å². The Kier molecular flexibility index (Phi) is 5.62. The maximum absolute atomic E-state index is 5.27. The molecule has 0 unspecified atom stereocenters. The summed E-state index contributed by atoms with van der Waals surface area (Å²) in [6.45, 7) is 6.72. The summed E-state index contributed by atoms with van der Waals surface area (Å²) in [7, 11) is 1.81. The third-order valence-electron chi connectivity index (χ3n) is 4.45. The molecule has 9 nitrogen and oxygen atoms in total. The second kappa shape index (κ2) is 8.09. The minimum Gasteiger partial charge on any atom is -0.356 e. The van der Waals surface area contributed by atoms with Gasteiger partial charge in [-0.15, -0.1) is 0 Å². The molecule has 9 heteroatoms. The standard InChI is InChI=1S/C16H26N8O/c1-11(2)14-21-13(25-23-14)4-7-18-16(17-3)24-8-5-12(6-9-24)15-19-10-20-22-15/h10-12H,4-9H2,1-3H3,(H,17,18)(H,19,20,22). The van der Waals surface area contributed by atoms with E-state index in [1.807, 2.05) is 7.05 Å². The highest BCUT2D eigenvalue weighted by Gasteiger charge is 2.24. The molecule has 0 saturated carbocycles. The number of rotatable bonds is 5. The first-order valence-electron chi connectivity index (χ1n) is 8.80. The number of likely N-dealkylation sites (tertiary alicyclic amines) is 1. The van der Waals surface area contributed by atoms with Crippen molar-refractivity contribution >= 4 is 5.96 Å². The van der Waals surface area contributed by atoms with Crippen LogP contribution in [0, 0.1) is 0 Å². The lowest BCUT2D eigenvalue weighted by molar-refractivity contribution is 0.298. The fourth-order valence-corrected chi connectivity index (χ4v) is 2.99. The molecule has 0 bridgehead atoms. The van der Waals surface area contributed by atoms with E-state index in [0.29, 0.717) is 24.8 Å². The molecule has 1 fully saturated rings. The van der Waals surface area contributed by atoms with Crippen LogP contribution in [0.3, 0.4) is 0 Å². The Hall–Kier alpha value is -2.45. The summed E-state index contributed by atoms with van der Waals surface area (Å²) in [5, 5.41) is 14.3. The van der Waals surface area contributed by atoms with E-state index in [2.05, 4.69) is 54.4 Å². The molecule has 1 aliphatic rings. The SMILES string of the molecule is CN=C(NCCc1nc(C(C)C)no1)N1CCC(c2ncn[nH]2)CC1. The van der Waals surface area contributed by atoms with Crippen LogP contribution in [0.4, 0.5) is 0 Å². The lowest BCUT2D eigenvalue weighted by Crippen LogP contribution is -2.45. The topological polar surface area (TPSA) is 108 Å². The largest absolute Gasteiger partial charge is 0.356 e. The first kappa shape index (κ1) is 17.4. The summed E-state index contributed by atoms with van der Waals surface area (Å²) in [5.41, 5.74) is 0. The van der Waals surface area contributed by atoms with Crippen molar-refractivity contribution in [2.75, 3.05) is 26.7 Å². The van der Waals surface area contributed by atoms with Gasteiger partial charge in [0.1, 0.15) is 12.2 Å². The van der Waals surface area contributed by atoms with Crippen LogP contribution < -0.4 is 5.32 Å². The van der Waals surface area contributed by atoms with Crippen molar-refractivity contribution < 1.29 is 4.52 Å². The molecule has 25 heavy (non-hydrogen) atoms. The van der Waals surface area contributed by atoms with Crippen molar-refractivity contribution in [3.05, 3.63) is 23.9 Å². The third kappa shape index (κ3) is 4.34. The third-order valence-corrected chi connectivity index (χ3v) is 4.45. The van der Waals surface area contributed by atoms with E-state index in [1.54, 1.807) is 6.33 Å². The molecule has 0 radical (unpaired) electrons. The highest BCUT2D eigenvalue weighted by molar-refractivity contribution is 5.79. The Morgan fingerprint density at radius 1 is 1.44 bits per heavy atom. The summed E-state index contributed by atoms with van der Waals surface area (Å²) >= 11 is 0.